The number of hydrogen-bond donors (Lipinski definition) is 4. The Hall–Kier alpha value is -3.28. The largest absolute Gasteiger partial charge is 0.388 e. The van der Waals surface area contributed by atoms with Crippen molar-refractivity contribution in [1.29, 1.82) is 0 Å². The van der Waals surface area contributed by atoms with Crippen molar-refractivity contribution in [3.63, 3.8) is 0 Å². The van der Waals surface area contributed by atoms with Crippen LogP contribution in [0.3, 0.4) is 0 Å². The van der Waals surface area contributed by atoms with E-state index in [4.69, 9.17) is 0 Å². The maximum Gasteiger partial charge on any atom is 0.0838 e. The van der Waals surface area contributed by atoms with E-state index in [0.29, 0.717) is 0 Å². The van der Waals surface area contributed by atoms with Crippen LogP contribution in [0.15, 0.2) is 97.1 Å². The Morgan fingerprint density at radius 3 is 0.717 bits per heavy atom. The molecule has 4 aromatic rings. The van der Waals surface area contributed by atoms with Crippen molar-refractivity contribution in [2.45, 2.75) is 139 Å². The van der Waals surface area contributed by atoms with Gasteiger partial charge in [0.05, 0.1) is 24.4 Å². The lowest BCUT2D eigenvalue weighted by Crippen LogP contribution is -2.19. The molecule has 53 heavy (non-hydrogen) atoms. The predicted octanol–water partition coefficient (Wildman–Crippen LogP) is 12.1. The maximum absolute atomic E-state index is 11.3. The maximum atomic E-state index is 11.3. The number of rotatable bonds is 12. The quantitative estimate of drug-likeness (QED) is 0.117. The third-order valence-electron chi connectivity index (χ3n) is 10.8. The van der Waals surface area contributed by atoms with Crippen LogP contribution in [0.5, 0.6) is 0 Å². The van der Waals surface area contributed by atoms with Gasteiger partial charge >= 0.3 is 0 Å². The highest BCUT2D eigenvalue weighted by molar-refractivity contribution is 5.40. The van der Waals surface area contributed by atoms with Crippen molar-refractivity contribution in [3.05, 3.63) is 142 Å². The average Bonchev–Trinajstić information content (AvgIpc) is 3.09. The standard InChI is InChI=1S/C49H68O4/c1-46(2,3)42(50)36-22-13-18-32(28-36)40(33-19-14-23-37(29-33)43(51)47(4,5)6)26-17-27-41(34-20-15-24-38(30-34)44(52)48(7,8)9)35-21-16-25-39(31-35)45(53)49(10,11)12/h13-16,18-25,28-31,40-45,50-53H,17,26-27H2,1-12H3. The van der Waals surface area contributed by atoms with Crippen molar-refractivity contribution in [1.82, 2.24) is 0 Å². The van der Waals surface area contributed by atoms with Gasteiger partial charge in [0.15, 0.2) is 0 Å². The minimum Gasteiger partial charge on any atom is -0.388 e. The van der Waals surface area contributed by atoms with E-state index < -0.39 is 24.4 Å². The van der Waals surface area contributed by atoms with Gasteiger partial charge in [-0.2, -0.15) is 0 Å². The van der Waals surface area contributed by atoms with Gasteiger partial charge in [-0.3, -0.25) is 0 Å². The zero-order chi connectivity index (χ0) is 39.5. The molecule has 0 aliphatic heterocycles. The molecule has 0 aromatic heterocycles. The van der Waals surface area contributed by atoms with Crippen LogP contribution in [0.25, 0.3) is 0 Å². The first-order valence-electron chi connectivity index (χ1n) is 19.6. The van der Waals surface area contributed by atoms with Crippen LogP contribution in [0.2, 0.25) is 0 Å². The highest BCUT2D eigenvalue weighted by Crippen LogP contribution is 2.42. The third-order valence-corrected chi connectivity index (χ3v) is 10.8. The molecule has 0 amide bonds. The molecule has 0 heterocycles. The van der Waals surface area contributed by atoms with E-state index in [1.807, 2.05) is 24.3 Å². The van der Waals surface area contributed by atoms with Crippen molar-refractivity contribution < 1.29 is 20.4 Å². The van der Waals surface area contributed by atoms with E-state index in [-0.39, 0.29) is 33.5 Å². The second kappa shape index (κ2) is 16.6. The summed E-state index contributed by atoms with van der Waals surface area (Å²) in [6, 6.07) is 33.6. The van der Waals surface area contributed by atoms with Crippen LogP contribution in [0, 0.1) is 21.7 Å². The molecule has 0 bridgehead atoms. The van der Waals surface area contributed by atoms with Gasteiger partial charge in [0.2, 0.25) is 0 Å². The van der Waals surface area contributed by atoms with Crippen LogP contribution >= 0.6 is 0 Å². The molecule has 288 valence electrons. The number of benzene rings is 4. The molecule has 4 aromatic carbocycles. The lowest BCUT2D eigenvalue weighted by Gasteiger charge is -2.29. The van der Waals surface area contributed by atoms with E-state index in [2.05, 4.69) is 156 Å². The molecule has 4 N–H and O–H groups in total. The van der Waals surface area contributed by atoms with Crippen molar-refractivity contribution in [2.75, 3.05) is 0 Å². The first-order chi connectivity index (χ1) is 24.5. The summed E-state index contributed by atoms with van der Waals surface area (Å²) in [5.41, 5.74) is 7.02. The molecule has 4 rings (SSSR count). The molecule has 0 fully saturated rings. The van der Waals surface area contributed by atoms with E-state index in [1.165, 1.54) is 0 Å². The normalized spacial score (nSPS) is 16.5. The Balaban J connectivity index is 1.78. The number of aliphatic hydroxyl groups is 4. The summed E-state index contributed by atoms with van der Waals surface area (Å²) >= 11 is 0. The lowest BCUT2D eigenvalue weighted by molar-refractivity contribution is 0.0625. The van der Waals surface area contributed by atoms with Gasteiger partial charge < -0.3 is 20.4 Å². The molecule has 4 atom stereocenters. The third kappa shape index (κ3) is 10.9. The van der Waals surface area contributed by atoms with Crippen molar-refractivity contribution >= 4 is 0 Å². The van der Waals surface area contributed by atoms with Gasteiger partial charge in [-0.25, -0.2) is 0 Å². The molecule has 0 saturated heterocycles. The van der Waals surface area contributed by atoms with Crippen molar-refractivity contribution in [3.8, 4) is 0 Å². The fraction of sp³-hybridized carbons (Fsp3) is 0.510. The Kier molecular flexibility index (Phi) is 13.3. The highest BCUT2D eigenvalue weighted by Gasteiger charge is 2.29. The molecule has 0 spiro atoms. The number of aliphatic hydroxyl groups excluding tert-OH is 4. The first kappa shape index (κ1) is 42.5. The molecular formula is C49H68O4. The summed E-state index contributed by atoms with van der Waals surface area (Å²) in [6.45, 7) is 24.7. The van der Waals surface area contributed by atoms with Crippen LogP contribution in [-0.2, 0) is 0 Å². The van der Waals surface area contributed by atoms with Crippen LogP contribution in [0.4, 0.5) is 0 Å². The SMILES string of the molecule is CC(C)(C)C(O)c1cccc(C(CCCC(c2cccc(C(O)C(C)(C)C)c2)c2cccc(C(O)C(C)(C)C)c2)c2cccc(C(O)C(C)(C)C)c2)c1. The predicted molar refractivity (Wildman–Crippen MR) is 221 cm³/mol. The van der Waals surface area contributed by atoms with E-state index in [1.54, 1.807) is 0 Å². The Labute approximate surface area is 321 Å². The minimum atomic E-state index is -0.604. The van der Waals surface area contributed by atoms with Gasteiger partial charge in [0.1, 0.15) is 0 Å². The molecule has 4 nitrogen and oxygen atoms in total. The van der Waals surface area contributed by atoms with Crippen LogP contribution in [0.1, 0.15) is 183 Å². The molecule has 4 unspecified atom stereocenters. The Morgan fingerprint density at radius 1 is 0.340 bits per heavy atom. The topological polar surface area (TPSA) is 80.9 Å². The monoisotopic (exact) mass is 721 g/mol. The summed E-state index contributed by atoms with van der Waals surface area (Å²) < 4.78 is 0. The van der Waals surface area contributed by atoms with Gasteiger partial charge in [-0.05, 0) is 79.0 Å². The molecule has 0 radical (unpaired) electrons. The second-order valence-corrected chi connectivity index (χ2v) is 19.8. The Morgan fingerprint density at radius 2 is 0.528 bits per heavy atom. The first-order valence-corrected chi connectivity index (χ1v) is 19.6. The molecule has 0 aliphatic rings. The molecule has 0 aliphatic carbocycles. The fourth-order valence-electron chi connectivity index (χ4n) is 7.36. The number of hydrogen-bond acceptors (Lipinski definition) is 4. The van der Waals surface area contributed by atoms with E-state index >= 15 is 0 Å². The summed E-state index contributed by atoms with van der Waals surface area (Å²) in [4.78, 5) is 0. The van der Waals surface area contributed by atoms with Gasteiger partial charge in [0, 0.05) is 11.8 Å². The highest BCUT2D eigenvalue weighted by atomic mass is 16.3. The fourth-order valence-corrected chi connectivity index (χ4v) is 7.36. The summed E-state index contributed by atoms with van der Waals surface area (Å²) in [5.74, 6) is 0.0796. The molecular weight excluding hydrogens is 653 g/mol. The lowest BCUT2D eigenvalue weighted by atomic mass is 9.78. The minimum absolute atomic E-state index is 0.0398. The smallest absolute Gasteiger partial charge is 0.0838 e. The van der Waals surface area contributed by atoms with E-state index in [9.17, 15) is 20.4 Å². The van der Waals surface area contributed by atoms with Crippen molar-refractivity contribution in [2.24, 2.45) is 21.7 Å². The van der Waals surface area contributed by atoms with Crippen LogP contribution < -0.4 is 0 Å². The average molecular weight is 721 g/mol. The molecule has 4 heteroatoms. The molecule has 0 saturated carbocycles. The van der Waals surface area contributed by atoms with Gasteiger partial charge in [-0.1, -0.05) is 187 Å². The van der Waals surface area contributed by atoms with Crippen LogP contribution in [-0.4, -0.2) is 20.4 Å². The summed E-state index contributed by atoms with van der Waals surface area (Å²) in [7, 11) is 0. The van der Waals surface area contributed by atoms with E-state index in [0.717, 1.165) is 63.8 Å². The zero-order valence-corrected chi connectivity index (χ0v) is 34.6. The van der Waals surface area contributed by atoms with Gasteiger partial charge in [-0.15, -0.1) is 0 Å². The Bertz CT molecular complexity index is 1520. The van der Waals surface area contributed by atoms with Gasteiger partial charge in [0.25, 0.3) is 0 Å². The summed E-state index contributed by atoms with van der Waals surface area (Å²) in [5, 5.41) is 45.2. The summed E-state index contributed by atoms with van der Waals surface area (Å²) in [6.07, 6.45) is 0.192. The second-order valence-electron chi connectivity index (χ2n) is 19.8. The zero-order valence-electron chi connectivity index (χ0n) is 34.6.